The van der Waals surface area contributed by atoms with E-state index in [-0.39, 0.29) is 46.5 Å². The Hall–Kier alpha value is -4.07. The molecule has 4 saturated heterocycles. The van der Waals surface area contributed by atoms with Crippen molar-refractivity contribution < 1.29 is 14.2 Å². The molecule has 10 heteroatoms. The number of aromatic nitrogens is 3. The van der Waals surface area contributed by atoms with Crippen LogP contribution in [0.15, 0.2) is 42.6 Å². The molecule has 9 nitrogen and oxygen atoms in total. The van der Waals surface area contributed by atoms with Crippen LogP contribution in [0, 0.1) is 23.1 Å². The SMILES string of the molecule is N#CC[C@@H]1C[C@@H]2CN(c3nc(OCC45CCCN4CCC5)nc4c(F)c(-c5cc(O)cc6ccccc56)ncc34)C[C@H]1N2. The Kier molecular flexibility index (Phi) is 6.35. The Balaban J connectivity index is 1.23. The molecule has 2 bridgehead atoms. The Labute approximate surface area is 249 Å². The van der Waals surface area contributed by atoms with E-state index in [9.17, 15) is 10.4 Å². The van der Waals surface area contributed by atoms with E-state index in [2.05, 4.69) is 31.2 Å². The summed E-state index contributed by atoms with van der Waals surface area (Å²) >= 11 is 0. The fourth-order valence-corrected chi connectivity index (χ4v) is 8.13. The van der Waals surface area contributed by atoms with Gasteiger partial charge in [-0.3, -0.25) is 9.88 Å². The standard InChI is InChI=1S/C33H34FN7O2/c34-28-29(25-15-23(42)14-20-5-1-2-6-24(20)25)36-16-26-30(28)38-32(43-19-33-8-3-11-41(33)12-4-9-33)39-31(26)40-17-22-13-21(7-10-35)27(18-40)37-22/h1-2,5-6,14-16,21-22,27,37,42H,3-4,7-9,11-13,17-19H2/t21-,22-,27-/m1/s1. The van der Waals surface area contributed by atoms with Crippen LogP contribution in [-0.2, 0) is 0 Å². The third-order valence-electron chi connectivity index (χ3n) is 10.1. The number of phenols is 1. The van der Waals surface area contributed by atoms with Crippen molar-refractivity contribution in [3.05, 3.63) is 48.4 Å². The maximum absolute atomic E-state index is 16.7. The molecule has 4 aromatic rings. The number of piperazine rings is 1. The first kappa shape index (κ1) is 26.5. The van der Waals surface area contributed by atoms with E-state index in [0.29, 0.717) is 42.9 Å². The highest BCUT2D eigenvalue weighted by Crippen LogP contribution is 2.41. The van der Waals surface area contributed by atoms with Crippen LogP contribution in [0.4, 0.5) is 10.2 Å². The predicted octanol–water partition coefficient (Wildman–Crippen LogP) is 4.78. The van der Waals surface area contributed by atoms with E-state index in [1.807, 2.05) is 24.3 Å². The van der Waals surface area contributed by atoms with Crippen LogP contribution < -0.4 is 15.0 Å². The lowest BCUT2D eigenvalue weighted by Crippen LogP contribution is -2.52. The smallest absolute Gasteiger partial charge is 0.319 e. The molecule has 4 fully saturated rings. The minimum atomic E-state index is -0.566. The minimum Gasteiger partial charge on any atom is -0.508 e. The zero-order chi connectivity index (χ0) is 29.1. The third kappa shape index (κ3) is 4.45. The van der Waals surface area contributed by atoms with E-state index in [1.54, 1.807) is 18.3 Å². The fourth-order valence-electron chi connectivity index (χ4n) is 8.13. The first-order valence-electron chi connectivity index (χ1n) is 15.4. The Morgan fingerprint density at radius 2 is 1.95 bits per heavy atom. The number of nitriles is 1. The molecule has 0 saturated carbocycles. The molecule has 220 valence electrons. The number of nitrogens with one attached hydrogen (secondary N) is 1. The van der Waals surface area contributed by atoms with E-state index in [0.717, 1.165) is 56.0 Å². The second-order valence-corrected chi connectivity index (χ2v) is 12.7. The molecular weight excluding hydrogens is 545 g/mol. The molecule has 4 aliphatic rings. The van der Waals surface area contributed by atoms with Gasteiger partial charge in [0.1, 0.15) is 29.4 Å². The average molecular weight is 580 g/mol. The first-order chi connectivity index (χ1) is 21.0. The van der Waals surface area contributed by atoms with E-state index in [1.165, 1.54) is 0 Å². The quantitative estimate of drug-likeness (QED) is 0.334. The summed E-state index contributed by atoms with van der Waals surface area (Å²) in [6, 6.07) is 13.7. The Bertz CT molecular complexity index is 1760. The largest absolute Gasteiger partial charge is 0.508 e. The fraction of sp³-hybridized carbons (Fsp3) is 0.455. The number of phenolic OH excluding ortho intramolecular Hbond substituents is 1. The number of anilines is 1. The van der Waals surface area contributed by atoms with Gasteiger partial charge in [-0.1, -0.05) is 24.3 Å². The summed E-state index contributed by atoms with van der Waals surface area (Å²) < 4.78 is 23.0. The molecule has 0 aliphatic carbocycles. The second kappa shape index (κ2) is 10.3. The van der Waals surface area contributed by atoms with Crippen molar-refractivity contribution in [2.75, 3.05) is 37.7 Å². The lowest BCUT2D eigenvalue weighted by molar-refractivity contribution is 0.108. The molecule has 0 radical (unpaired) electrons. The van der Waals surface area contributed by atoms with Gasteiger partial charge in [-0.2, -0.15) is 15.2 Å². The van der Waals surface area contributed by atoms with Gasteiger partial charge in [-0.25, -0.2) is 4.39 Å². The van der Waals surface area contributed by atoms with Gasteiger partial charge in [0, 0.05) is 43.4 Å². The summed E-state index contributed by atoms with van der Waals surface area (Å²) in [4.78, 5) is 18.9. The number of fused-ring (bicyclic) bond motifs is 5. The number of pyridine rings is 1. The number of hydrogen-bond donors (Lipinski definition) is 2. The number of halogens is 1. The Morgan fingerprint density at radius 3 is 2.79 bits per heavy atom. The molecule has 0 spiro atoms. The van der Waals surface area contributed by atoms with Crippen LogP contribution in [0.3, 0.4) is 0 Å². The van der Waals surface area contributed by atoms with Crippen LogP contribution in [-0.4, -0.2) is 75.4 Å². The van der Waals surface area contributed by atoms with Crippen molar-refractivity contribution in [2.24, 2.45) is 5.92 Å². The lowest BCUT2D eigenvalue weighted by Gasteiger charge is -2.35. The number of rotatable bonds is 6. The van der Waals surface area contributed by atoms with Gasteiger partial charge in [0.05, 0.1) is 17.0 Å². The van der Waals surface area contributed by atoms with Gasteiger partial charge in [-0.15, -0.1) is 0 Å². The van der Waals surface area contributed by atoms with E-state index >= 15 is 4.39 Å². The third-order valence-corrected chi connectivity index (χ3v) is 10.1. The van der Waals surface area contributed by atoms with Gasteiger partial charge in [0.15, 0.2) is 5.82 Å². The van der Waals surface area contributed by atoms with Crippen molar-refractivity contribution in [3.8, 4) is 29.1 Å². The van der Waals surface area contributed by atoms with Crippen LogP contribution >= 0.6 is 0 Å². The highest BCUT2D eigenvalue weighted by Gasteiger charge is 2.45. The van der Waals surface area contributed by atoms with Crippen molar-refractivity contribution in [3.63, 3.8) is 0 Å². The van der Waals surface area contributed by atoms with Gasteiger partial charge in [-0.05, 0) is 74.0 Å². The number of nitrogens with zero attached hydrogens (tertiary/aromatic N) is 6. The first-order valence-corrected chi connectivity index (χ1v) is 15.4. The maximum atomic E-state index is 16.7. The van der Waals surface area contributed by atoms with Gasteiger partial charge in [0.25, 0.3) is 0 Å². The molecule has 2 N–H and O–H groups in total. The van der Waals surface area contributed by atoms with Gasteiger partial charge < -0.3 is 20.1 Å². The van der Waals surface area contributed by atoms with Crippen LogP contribution in [0.5, 0.6) is 11.8 Å². The van der Waals surface area contributed by atoms with Crippen molar-refractivity contribution in [2.45, 2.75) is 56.1 Å². The average Bonchev–Trinajstić information content (AvgIpc) is 3.68. The summed E-state index contributed by atoms with van der Waals surface area (Å²) in [6.45, 7) is 4.00. The topological polar surface area (TPSA) is 110 Å². The molecule has 0 amide bonds. The van der Waals surface area contributed by atoms with Crippen LogP contribution in [0.25, 0.3) is 32.9 Å². The monoisotopic (exact) mass is 579 g/mol. The molecule has 2 aromatic heterocycles. The van der Waals surface area contributed by atoms with Gasteiger partial charge >= 0.3 is 6.01 Å². The van der Waals surface area contributed by atoms with Crippen molar-refractivity contribution in [1.29, 1.82) is 5.26 Å². The predicted molar refractivity (Wildman–Crippen MR) is 161 cm³/mol. The van der Waals surface area contributed by atoms with Crippen LogP contribution in [0.2, 0.25) is 0 Å². The highest BCUT2D eigenvalue weighted by atomic mass is 19.1. The zero-order valence-electron chi connectivity index (χ0n) is 24.0. The van der Waals surface area contributed by atoms with Crippen LogP contribution in [0.1, 0.15) is 38.5 Å². The molecule has 43 heavy (non-hydrogen) atoms. The summed E-state index contributed by atoms with van der Waals surface area (Å²) in [5.74, 6) is 0.366. The summed E-state index contributed by atoms with van der Waals surface area (Å²) in [5, 5.41) is 25.6. The molecule has 8 rings (SSSR count). The normalized spacial score (nSPS) is 24.5. The van der Waals surface area contributed by atoms with E-state index < -0.39 is 5.82 Å². The summed E-state index contributed by atoms with van der Waals surface area (Å²) in [7, 11) is 0. The maximum Gasteiger partial charge on any atom is 0.319 e. The molecule has 0 unspecified atom stereocenters. The second-order valence-electron chi connectivity index (χ2n) is 12.7. The number of benzene rings is 2. The van der Waals surface area contributed by atoms with Gasteiger partial charge in [0.2, 0.25) is 0 Å². The van der Waals surface area contributed by atoms with Crippen molar-refractivity contribution >= 4 is 27.5 Å². The van der Waals surface area contributed by atoms with Crippen molar-refractivity contribution in [1.82, 2.24) is 25.2 Å². The number of hydrogen-bond acceptors (Lipinski definition) is 9. The summed E-state index contributed by atoms with van der Waals surface area (Å²) in [5.41, 5.74) is 0.785. The Morgan fingerprint density at radius 1 is 1.12 bits per heavy atom. The summed E-state index contributed by atoms with van der Waals surface area (Å²) in [6.07, 6.45) is 7.57. The molecule has 6 heterocycles. The minimum absolute atomic E-state index is 0.000418. The molecular formula is C33H34FN7O2. The molecule has 2 aromatic carbocycles. The molecule has 3 atom stereocenters. The lowest BCUT2D eigenvalue weighted by atomic mass is 9.95. The number of ether oxygens (including phenoxy) is 1. The number of aromatic hydroxyl groups is 1. The molecule has 4 aliphatic heterocycles. The zero-order valence-corrected chi connectivity index (χ0v) is 24.0. The van der Waals surface area contributed by atoms with E-state index in [4.69, 9.17) is 9.72 Å². The highest BCUT2D eigenvalue weighted by molar-refractivity contribution is 5.99.